The summed E-state index contributed by atoms with van der Waals surface area (Å²) >= 11 is 0. The third kappa shape index (κ3) is 2.80. The number of carbonyl (C=O) groups is 1. The molecule has 114 valence electrons. The molecular formula is C15H14N2O4S. The van der Waals surface area contributed by atoms with Crippen LogP contribution in [0, 0.1) is 0 Å². The quantitative estimate of drug-likeness (QED) is 0.849. The lowest BCUT2D eigenvalue weighted by atomic mass is 10.3. The summed E-state index contributed by atoms with van der Waals surface area (Å²) in [5.41, 5.74) is 0. The zero-order valence-electron chi connectivity index (χ0n) is 11.7. The summed E-state index contributed by atoms with van der Waals surface area (Å²) in [5, 5.41) is 0. The van der Waals surface area contributed by atoms with Crippen molar-refractivity contribution in [2.75, 3.05) is 23.8 Å². The van der Waals surface area contributed by atoms with Crippen molar-refractivity contribution in [2.24, 2.45) is 0 Å². The molecule has 22 heavy (non-hydrogen) atoms. The molecule has 0 unspecified atom stereocenters. The molecule has 1 aromatic carbocycles. The molecule has 0 N–H and O–H groups in total. The molecule has 7 heteroatoms. The van der Waals surface area contributed by atoms with Gasteiger partial charge in [0.05, 0.1) is 10.6 Å². The van der Waals surface area contributed by atoms with E-state index in [2.05, 4.69) is 4.98 Å². The highest BCUT2D eigenvalue weighted by Crippen LogP contribution is 2.28. The van der Waals surface area contributed by atoms with Gasteiger partial charge in [0.1, 0.15) is 0 Å². The van der Waals surface area contributed by atoms with Crippen molar-refractivity contribution < 1.29 is 17.9 Å². The van der Waals surface area contributed by atoms with Gasteiger partial charge in [-0.15, -0.1) is 0 Å². The second-order valence-corrected chi connectivity index (χ2v) is 6.90. The number of hydrogen-bond acceptors (Lipinski definition) is 5. The Kier molecular flexibility index (Phi) is 3.81. The molecule has 1 aliphatic rings. The number of ether oxygens (including phenoxy) is 1. The summed E-state index contributed by atoms with van der Waals surface area (Å²) in [7, 11) is -3.45. The molecule has 2 heterocycles. The van der Waals surface area contributed by atoms with Gasteiger partial charge in [0, 0.05) is 12.7 Å². The van der Waals surface area contributed by atoms with Gasteiger partial charge in [0.2, 0.25) is 0 Å². The van der Waals surface area contributed by atoms with E-state index in [1.54, 1.807) is 48.7 Å². The maximum Gasteiger partial charge on any atom is 0.266 e. The van der Waals surface area contributed by atoms with Crippen LogP contribution in [0.25, 0.3) is 0 Å². The molecule has 0 bridgehead atoms. The molecule has 1 amide bonds. The fourth-order valence-electron chi connectivity index (χ4n) is 2.22. The van der Waals surface area contributed by atoms with Crippen molar-refractivity contribution in [2.45, 2.75) is 4.90 Å². The number of carbonyl (C=O) groups excluding carboxylic acids is 1. The van der Waals surface area contributed by atoms with Crippen LogP contribution in [0.1, 0.15) is 0 Å². The van der Waals surface area contributed by atoms with Crippen LogP contribution < -0.4 is 9.64 Å². The van der Waals surface area contributed by atoms with Gasteiger partial charge in [0.15, 0.2) is 28.0 Å². The van der Waals surface area contributed by atoms with E-state index in [0.717, 1.165) is 0 Å². The Bertz CT molecular complexity index is 790. The molecular weight excluding hydrogens is 304 g/mol. The van der Waals surface area contributed by atoms with E-state index in [-0.39, 0.29) is 29.7 Å². The van der Waals surface area contributed by atoms with E-state index >= 15 is 0 Å². The molecule has 6 nitrogen and oxygen atoms in total. The molecule has 1 aliphatic heterocycles. The highest BCUT2D eigenvalue weighted by atomic mass is 32.2. The lowest BCUT2D eigenvalue weighted by molar-refractivity contribution is -0.121. The van der Waals surface area contributed by atoms with Crippen molar-refractivity contribution >= 4 is 21.6 Å². The van der Waals surface area contributed by atoms with Crippen LogP contribution in [-0.2, 0) is 14.6 Å². The zero-order chi connectivity index (χ0) is 15.6. The van der Waals surface area contributed by atoms with Crippen LogP contribution in [0.2, 0.25) is 0 Å². The van der Waals surface area contributed by atoms with E-state index in [4.69, 9.17) is 4.74 Å². The summed E-state index contributed by atoms with van der Waals surface area (Å²) in [4.78, 5) is 17.7. The van der Waals surface area contributed by atoms with Gasteiger partial charge in [-0.2, -0.15) is 0 Å². The van der Waals surface area contributed by atoms with Gasteiger partial charge in [-0.1, -0.05) is 18.2 Å². The molecule has 3 rings (SSSR count). The fraction of sp³-hybridized carbons (Fsp3) is 0.200. The van der Waals surface area contributed by atoms with E-state index < -0.39 is 9.84 Å². The van der Waals surface area contributed by atoms with Crippen LogP contribution in [-0.4, -0.2) is 38.2 Å². The number of fused-ring (bicyclic) bond motifs is 1. The smallest absolute Gasteiger partial charge is 0.266 e. The Morgan fingerprint density at radius 3 is 2.68 bits per heavy atom. The van der Waals surface area contributed by atoms with Gasteiger partial charge in [-0.3, -0.25) is 9.69 Å². The normalized spacial score (nSPS) is 14.4. The average molecular weight is 318 g/mol. The standard InChI is InChI=1S/C15H14N2O4S/c18-14-11-21-13-7-4-8-16-15(13)17(14)9-10-22(19,20)12-5-2-1-3-6-12/h1-8H,9-11H2. The number of pyridine rings is 1. The molecule has 1 aromatic heterocycles. The fourth-order valence-corrected chi connectivity index (χ4v) is 3.45. The minimum atomic E-state index is -3.45. The van der Waals surface area contributed by atoms with Crippen molar-refractivity contribution in [1.29, 1.82) is 0 Å². The molecule has 0 aliphatic carbocycles. The van der Waals surface area contributed by atoms with Gasteiger partial charge in [-0.05, 0) is 24.3 Å². The Balaban J connectivity index is 1.81. The van der Waals surface area contributed by atoms with Gasteiger partial charge >= 0.3 is 0 Å². The second kappa shape index (κ2) is 5.76. The molecule has 2 aromatic rings. The summed E-state index contributed by atoms with van der Waals surface area (Å²) in [5.74, 6) is 0.384. The van der Waals surface area contributed by atoms with Crippen molar-refractivity contribution in [1.82, 2.24) is 4.98 Å². The summed E-state index contributed by atoms with van der Waals surface area (Å²) in [6.45, 7) is -0.0620. The van der Waals surface area contributed by atoms with E-state index in [1.165, 1.54) is 4.90 Å². The van der Waals surface area contributed by atoms with Crippen LogP contribution in [0.5, 0.6) is 5.75 Å². The SMILES string of the molecule is O=C1COc2cccnc2N1CCS(=O)(=O)c1ccccc1. The first-order chi connectivity index (χ1) is 10.6. The number of sulfone groups is 1. The molecule has 0 radical (unpaired) electrons. The van der Waals surface area contributed by atoms with Crippen LogP contribution >= 0.6 is 0 Å². The Morgan fingerprint density at radius 2 is 1.91 bits per heavy atom. The van der Waals surface area contributed by atoms with Crippen molar-refractivity contribution in [3.05, 3.63) is 48.7 Å². The second-order valence-electron chi connectivity index (χ2n) is 4.79. The minimum absolute atomic E-state index is 0.0451. The number of amides is 1. The number of benzene rings is 1. The number of rotatable bonds is 4. The van der Waals surface area contributed by atoms with E-state index in [9.17, 15) is 13.2 Å². The molecule has 0 fully saturated rings. The van der Waals surface area contributed by atoms with Crippen LogP contribution in [0.4, 0.5) is 5.82 Å². The first kappa shape index (κ1) is 14.5. The highest BCUT2D eigenvalue weighted by molar-refractivity contribution is 7.91. The number of aromatic nitrogens is 1. The van der Waals surface area contributed by atoms with Crippen molar-refractivity contribution in [3.8, 4) is 5.75 Å². The monoisotopic (exact) mass is 318 g/mol. The van der Waals surface area contributed by atoms with Gasteiger partial charge < -0.3 is 4.74 Å². The van der Waals surface area contributed by atoms with Crippen LogP contribution in [0.15, 0.2) is 53.6 Å². The molecule has 0 saturated heterocycles. The third-order valence-corrected chi connectivity index (χ3v) is 5.06. The Morgan fingerprint density at radius 1 is 1.14 bits per heavy atom. The summed E-state index contributed by atoms with van der Waals surface area (Å²) in [6, 6.07) is 11.6. The third-order valence-electron chi connectivity index (χ3n) is 3.34. The zero-order valence-corrected chi connectivity index (χ0v) is 12.5. The number of anilines is 1. The lowest BCUT2D eigenvalue weighted by Crippen LogP contribution is -2.42. The Labute approximate surface area is 128 Å². The van der Waals surface area contributed by atoms with E-state index in [0.29, 0.717) is 11.6 Å². The number of hydrogen-bond donors (Lipinski definition) is 0. The highest BCUT2D eigenvalue weighted by Gasteiger charge is 2.28. The van der Waals surface area contributed by atoms with Crippen molar-refractivity contribution in [3.63, 3.8) is 0 Å². The molecule has 0 atom stereocenters. The Hall–Kier alpha value is -2.41. The first-order valence-electron chi connectivity index (χ1n) is 6.74. The summed E-state index contributed by atoms with van der Waals surface area (Å²) < 4.78 is 29.9. The van der Waals surface area contributed by atoms with E-state index in [1.807, 2.05) is 0 Å². The maximum absolute atomic E-state index is 12.3. The number of nitrogens with zero attached hydrogens (tertiary/aromatic N) is 2. The molecule has 0 spiro atoms. The van der Waals surface area contributed by atoms with Gasteiger partial charge in [-0.25, -0.2) is 13.4 Å². The predicted octanol–water partition coefficient (Wildman–Crippen LogP) is 1.28. The molecule has 0 saturated carbocycles. The lowest BCUT2D eigenvalue weighted by Gasteiger charge is -2.27. The average Bonchev–Trinajstić information content (AvgIpc) is 2.55. The van der Waals surface area contributed by atoms with Gasteiger partial charge in [0.25, 0.3) is 5.91 Å². The predicted molar refractivity (Wildman–Crippen MR) is 80.6 cm³/mol. The topological polar surface area (TPSA) is 76.6 Å². The minimum Gasteiger partial charge on any atom is -0.480 e. The summed E-state index contributed by atoms with van der Waals surface area (Å²) in [6.07, 6.45) is 1.54. The van der Waals surface area contributed by atoms with Crippen LogP contribution in [0.3, 0.4) is 0 Å². The first-order valence-corrected chi connectivity index (χ1v) is 8.39. The maximum atomic E-state index is 12.3. The largest absolute Gasteiger partial charge is 0.480 e.